The van der Waals surface area contributed by atoms with Gasteiger partial charge in [-0.3, -0.25) is 15.1 Å². The van der Waals surface area contributed by atoms with E-state index in [-0.39, 0.29) is 0 Å². The lowest BCUT2D eigenvalue weighted by molar-refractivity contribution is -0.385. The Kier molecular flexibility index (Phi) is 2.87. The van der Waals surface area contributed by atoms with E-state index in [0.29, 0.717) is 22.3 Å². The lowest BCUT2D eigenvalue weighted by atomic mass is 10.1. The van der Waals surface area contributed by atoms with Crippen LogP contribution in [-0.2, 0) is 0 Å². The number of aromatic hydroxyl groups is 2. The number of hydrogen-bond acceptors (Lipinski definition) is 6. The van der Waals surface area contributed by atoms with Gasteiger partial charge in [0.25, 0.3) is 0 Å². The Morgan fingerprint density at radius 1 is 1.10 bits per heavy atom. The van der Waals surface area contributed by atoms with Gasteiger partial charge in [-0.1, -0.05) is 12.1 Å². The van der Waals surface area contributed by atoms with Crippen LogP contribution in [0, 0.1) is 10.1 Å². The molecule has 0 unspecified atom stereocenters. The number of benzene rings is 2. The van der Waals surface area contributed by atoms with Crippen LogP contribution in [0.5, 0.6) is 11.5 Å². The van der Waals surface area contributed by atoms with Crippen molar-refractivity contribution in [1.29, 1.82) is 0 Å². The largest absolute Gasteiger partial charge is 0.504 e. The Labute approximate surface area is 118 Å². The summed E-state index contributed by atoms with van der Waals surface area (Å²) in [5.74, 6) is -1.34. The highest BCUT2D eigenvalue weighted by Gasteiger charge is 2.20. The monoisotopic (exact) mass is 283 g/mol. The number of phenolic OH excluding ortho intramolecular Hbond substituents is 2. The van der Waals surface area contributed by atoms with E-state index in [2.05, 4.69) is 9.97 Å². The first-order valence-corrected chi connectivity index (χ1v) is 5.99. The number of fused-ring (bicyclic) bond motifs is 1. The van der Waals surface area contributed by atoms with E-state index in [0.717, 1.165) is 6.07 Å². The van der Waals surface area contributed by atoms with Crippen LogP contribution in [0.15, 0.2) is 42.6 Å². The second-order valence-corrected chi connectivity index (χ2v) is 4.36. The van der Waals surface area contributed by atoms with Crippen LogP contribution in [0.1, 0.15) is 0 Å². The van der Waals surface area contributed by atoms with E-state index >= 15 is 0 Å². The summed E-state index contributed by atoms with van der Waals surface area (Å²) < 4.78 is 0. The number of nitrogens with zero attached hydrogens (tertiary/aromatic N) is 3. The fraction of sp³-hybridized carbons (Fsp3) is 0. The number of aromatic nitrogens is 2. The lowest BCUT2D eigenvalue weighted by Gasteiger charge is -2.05. The quantitative estimate of drug-likeness (QED) is 0.425. The highest BCUT2D eigenvalue weighted by Crippen LogP contribution is 2.38. The second kappa shape index (κ2) is 4.71. The number of nitro groups is 1. The first kappa shape index (κ1) is 12.8. The molecule has 21 heavy (non-hydrogen) atoms. The molecular formula is C14H9N3O4. The van der Waals surface area contributed by atoms with Crippen molar-refractivity contribution in [1.82, 2.24) is 9.97 Å². The van der Waals surface area contributed by atoms with Crippen LogP contribution in [0.4, 0.5) is 5.69 Å². The molecule has 1 aromatic heterocycles. The van der Waals surface area contributed by atoms with Crippen LogP contribution in [0.3, 0.4) is 0 Å². The summed E-state index contributed by atoms with van der Waals surface area (Å²) in [4.78, 5) is 18.6. The summed E-state index contributed by atoms with van der Waals surface area (Å²) >= 11 is 0. The van der Waals surface area contributed by atoms with Gasteiger partial charge in [0, 0.05) is 11.6 Å². The van der Waals surface area contributed by atoms with Gasteiger partial charge < -0.3 is 10.2 Å². The second-order valence-electron chi connectivity index (χ2n) is 4.36. The SMILES string of the molecule is O=[N+]([O-])c1cc(-c2cnc3ccccc3n2)cc(O)c1O. The minimum atomic E-state index is -0.771. The topological polar surface area (TPSA) is 109 Å². The molecule has 3 aromatic rings. The minimum Gasteiger partial charge on any atom is -0.504 e. The molecule has 0 radical (unpaired) electrons. The maximum Gasteiger partial charge on any atom is 0.315 e. The predicted molar refractivity (Wildman–Crippen MR) is 75.0 cm³/mol. The summed E-state index contributed by atoms with van der Waals surface area (Å²) in [6, 6.07) is 9.55. The molecule has 0 saturated heterocycles. The molecule has 0 bridgehead atoms. The average Bonchev–Trinajstić information content (AvgIpc) is 2.49. The zero-order valence-electron chi connectivity index (χ0n) is 10.6. The smallest absolute Gasteiger partial charge is 0.315 e. The highest BCUT2D eigenvalue weighted by molar-refractivity contribution is 5.78. The summed E-state index contributed by atoms with van der Waals surface area (Å²) in [7, 11) is 0. The van der Waals surface area contributed by atoms with Crippen molar-refractivity contribution >= 4 is 16.7 Å². The Morgan fingerprint density at radius 3 is 2.52 bits per heavy atom. The van der Waals surface area contributed by atoms with Crippen molar-refractivity contribution < 1.29 is 15.1 Å². The van der Waals surface area contributed by atoms with Crippen molar-refractivity contribution in [2.24, 2.45) is 0 Å². The summed E-state index contributed by atoms with van der Waals surface area (Å²) in [6.07, 6.45) is 1.46. The van der Waals surface area contributed by atoms with E-state index in [4.69, 9.17) is 0 Å². The fourth-order valence-electron chi connectivity index (χ4n) is 1.99. The molecule has 7 nitrogen and oxygen atoms in total. The van der Waals surface area contributed by atoms with Gasteiger partial charge in [0.15, 0.2) is 5.75 Å². The molecule has 0 fully saturated rings. The molecule has 7 heteroatoms. The van der Waals surface area contributed by atoms with Crippen LogP contribution in [0.2, 0.25) is 0 Å². The fourth-order valence-corrected chi connectivity index (χ4v) is 1.99. The van der Waals surface area contributed by atoms with Gasteiger partial charge in [0.1, 0.15) is 0 Å². The van der Waals surface area contributed by atoms with Gasteiger partial charge in [0.2, 0.25) is 5.75 Å². The predicted octanol–water partition coefficient (Wildman–Crippen LogP) is 2.62. The van der Waals surface area contributed by atoms with Crippen LogP contribution >= 0.6 is 0 Å². The molecule has 2 N–H and O–H groups in total. The van der Waals surface area contributed by atoms with Crippen LogP contribution in [0.25, 0.3) is 22.3 Å². The Bertz CT molecular complexity index is 864. The zero-order chi connectivity index (χ0) is 15.0. The number of nitro benzene ring substituents is 1. The molecule has 0 amide bonds. The molecule has 0 saturated carbocycles. The third kappa shape index (κ3) is 2.20. The molecule has 1 heterocycles. The standard InChI is InChI=1S/C14H9N3O4/c18-13-6-8(5-12(14(13)19)17(20)21)11-7-15-9-3-1-2-4-10(9)16-11/h1-7,18-19H. The lowest BCUT2D eigenvalue weighted by Crippen LogP contribution is -1.92. The maximum atomic E-state index is 10.9. The number of phenols is 2. The molecular weight excluding hydrogens is 274 g/mol. The first-order chi connectivity index (χ1) is 10.1. The van der Waals surface area contributed by atoms with Crippen LogP contribution in [-0.4, -0.2) is 25.1 Å². The molecule has 0 aliphatic rings. The van der Waals surface area contributed by atoms with Crippen molar-refractivity contribution in [2.45, 2.75) is 0 Å². The van der Waals surface area contributed by atoms with Gasteiger partial charge in [-0.2, -0.15) is 0 Å². The third-order valence-corrected chi connectivity index (χ3v) is 3.01. The third-order valence-electron chi connectivity index (χ3n) is 3.01. The summed E-state index contributed by atoms with van der Waals surface area (Å²) in [5.41, 5.74) is 1.41. The van der Waals surface area contributed by atoms with E-state index in [1.807, 2.05) is 6.07 Å². The van der Waals surface area contributed by atoms with E-state index in [1.54, 1.807) is 18.2 Å². The van der Waals surface area contributed by atoms with Crippen LogP contribution < -0.4 is 0 Å². The average molecular weight is 283 g/mol. The normalized spacial score (nSPS) is 10.7. The highest BCUT2D eigenvalue weighted by atomic mass is 16.6. The van der Waals surface area contributed by atoms with Crippen molar-refractivity contribution in [3.63, 3.8) is 0 Å². The molecule has 0 atom stereocenters. The van der Waals surface area contributed by atoms with E-state index in [1.165, 1.54) is 12.3 Å². The zero-order valence-corrected chi connectivity index (χ0v) is 10.6. The Balaban J connectivity index is 2.20. The summed E-state index contributed by atoms with van der Waals surface area (Å²) in [6.45, 7) is 0. The van der Waals surface area contributed by atoms with Gasteiger partial charge in [-0.05, 0) is 18.2 Å². The number of hydrogen-bond donors (Lipinski definition) is 2. The molecule has 0 spiro atoms. The van der Waals surface area contributed by atoms with Gasteiger partial charge in [0.05, 0.1) is 27.8 Å². The van der Waals surface area contributed by atoms with Crippen molar-refractivity contribution in [3.8, 4) is 22.8 Å². The van der Waals surface area contributed by atoms with E-state index in [9.17, 15) is 20.3 Å². The Morgan fingerprint density at radius 2 is 1.81 bits per heavy atom. The minimum absolute atomic E-state index is 0.301. The molecule has 104 valence electrons. The van der Waals surface area contributed by atoms with Gasteiger partial charge in [-0.15, -0.1) is 0 Å². The number of rotatable bonds is 2. The molecule has 3 rings (SSSR count). The van der Waals surface area contributed by atoms with Gasteiger partial charge >= 0.3 is 5.69 Å². The summed E-state index contributed by atoms with van der Waals surface area (Å²) in [5, 5.41) is 30.0. The van der Waals surface area contributed by atoms with Crippen molar-refractivity contribution in [3.05, 3.63) is 52.7 Å². The first-order valence-electron chi connectivity index (χ1n) is 5.99. The Hall–Kier alpha value is -3.22. The molecule has 0 aliphatic heterocycles. The van der Waals surface area contributed by atoms with Gasteiger partial charge in [-0.25, -0.2) is 4.98 Å². The molecule has 2 aromatic carbocycles. The number of para-hydroxylation sites is 2. The molecule has 0 aliphatic carbocycles. The van der Waals surface area contributed by atoms with Crippen molar-refractivity contribution in [2.75, 3.05) is 0 Å². The maximum absolute atomic E-state index is 10.9. The van der Waals surface area contributed by atoms with E-state index < -0.39 is 22.1 Å².